The molecule has 1 atom stereocenters. The van der Waals surface area contributed by atoms with Crippen molar-refractivity contribution >= 4 is 48.6 Å². The highest BCUT2D eigenvalue weighted by atomic mass is 32.1. The van der Waals surface area contributed by atoms with E-state index in [-0.39, 0.29) is 0 Å². The van der Waals surface area contributed by atoms with Crippen LogP contribution >= 0.6 is 11.3 Å². The minimum Gasteiger partial charge on any atom is -0.309 e. The van der Waals surface area contributed by atoms with Gasteiger partial charge in [-0.3, -0.25) is 0 Å². The van der Waals surface area contributed by atoms with E-state index in [9.17, 15) is 0 Å². The number of hydrogen-bond acceptors (Lipinski definition) is 2. The Labute approximate surface area is 335 Å². The van der Waals surface area contributed by atoms with Crippen molar-refractivity contribution in [3.05, 3.63) is 222 Å². The van der Waals surface area contributed by atoms with Gasteiger partial charge < -0.3 is 4.90 Å². The highest BCUT2D eigenvalue weighted by Gasteiger charge is 2.50. The highest BCUT2D eigenvalue weighted by molar-refractivity contribution is 7.26. The third-order valence-electron chi connectivity index (χ3n) is 12.9. The predicted octanol–water partition coefficient (Wildman–Crippen LogP) is 15.2. The third kappa shape index (κ3) is 4.02. The van der Waals surface area contributed by atoms with Crippen molar-refractivity contribution in [1.29, 1.82) is 0 Å². The fraction of sp³-hybridized carbons (Fsp3) is 0.0182. The second-order valence-electron chi connectivity index (χ2n) is 15.5. The highest BCUT2D eigenvalue weighted by Crippen LogP contribution is 2.64. The van der Waals surface area contributed by atoms with Crippen LogP contribution in [0.3, 0.4) is 0 Å². The maximum atomic E-state index is 2.50. The normalized spacial score (nSPS) is 15.4. The third-order valence-corrected chi connectivity index (χ3v) is 14.1. The second kappa shape index (κ2) is 11.5. The van der Waals surface area contributed by atoms with E-state index < -0.39 is 5.41 Å². The molecule has 57 heavy (non-hydrogen) atoms. The molecule has 1 unspecified atom stereocenters. The summed E-state index contributed by atoms with van der Waals surface area (Å²) in [4.78, 5) is 2.50. The summed E-state index contributed by atoms with van der Waals surface area (Å²) in [7, 11) is 0. The minimum atomic E-state index is -0.551. The van der Waals surface area contributed by atoms with Crippen molar-refractivity contribution in [3.63, 3.8) is 0 Å². The van der Waals surface area contributed by atoms with Gasteiger partial charge in [0.05, 0.1) is 16.8 Å². The molecule has 0 saturated carbocycles. The van der Waals surface area contributed by atoms with Gasteiger partial charge in [0.25, 0.3) is 0 Å². The van der Waals surface area contributed by atoms with Gasteiger partial charge in [-0.25, -0.2) is 0 Å². The quantitative estimate of drug-likeness (QED) is 0.162. The molecule has 2 heterocycles. The monoisotopic (exact) mass is 739 g/mol. The predicted molar refractivity (Wildman–Crippen MR) is 240 cm³/mol. The van der Waals surface area contributed by atoms with Crippen LogP contribution < -0.4 is 4.90 Å². The summed E-state index contributed by atoms with van der Waals surface area (Å²) >= 11 is 1.93. The van der Waals surface area contributed by atoms with E-state index in [4.69, 9.17) is 0 Å². The van der Waals surface area contributed by atoms with Crippen molar-refractivity contribution < 1.29 is 0 Å². The van der Waals surface area contributed by atoms with Crippen molar-refractivity contribution in [2.24, 2.45) is 0 Å². The molecule has 0 radical (unpaired) electrons. The molecule has 0 saturated heterocycles. The molecule has 9 aromatic carbocycles. The summed E-state index contributed by atoms with van der Waals surface area (Å²) in [5.74, 6) is 0. The van der Waals surface area contributed by atoms with Crippen LogP contribution in [0, 0.1) is 0 Å². The summed E-state index contributed by atoms with van der Waals surface area (Å²) < 4.78 is 2.70. The van der Waals surface area contributed by atoms with Crippen LogP contribution in [0.15, 0.2) is 200 Å². The lowest BCUT2D eigenvalue weighted by Crippen LogP contribution is -2.29. The zero-order valence-electron chi connectivity index (χ0n) is 30.9. The van der Waals surface area contributed by atoms with Crippen LogP contribution in [0.25, 0.3) is 75.8 Å². The number of thiophene rings is 1. The average molecular weight is 740 g/mol. The Bertz CT molecular complexity index is 3260. The second-order valence-corrected chi connectivity index (χ2v) is 16.5. The van der Waals surface area contributed by atoms with E-state index in [1.54, 1.807) is 0 Å². The van der Waals surface area contributed by atoms with E-state index in [1.807, 2.05) is 11.3 Å². The van der Waals surface area contributed by atoms with Gasteiger partial charge in [0.1, 0.15) is 0 Å². The molecule has 10 aromatic rings. The lowest BCUT2D eigenvalue weighted by Gasteiger charge is -2.36. The van der Waals surface area contributed by atoms with Crippen LogP contribution in [-0.4, -0.2) is 0 Å². The summed E-state index contributed by atoms with van der Waals surface area (Å²) in [5, 5.41) is 2.67. The fourth-order valence-electron chi connectivity index (χ4n) is 10.6. The van der Waals surface area contributed by atoms with Crippen LogP contribution in [-0.2, 0) is 5.41 Å². The Hall–Kier alpha value is -7.00. The Balaban J connectivity index is 1.16. The first-order valence-corrected chi connectivity index (χ1v) is 20.6. The molecule has 0 amide bonds. The largest absolute Gasteiger partial charge is 0.309 e. The van der Waals surface area contributed by atoms with E-state index in [1.165, 1.54) is 109 Å². The first-order valence-electron chi connectivity index (χ1n) is 19.8. The van der Waals surface area contributed by atoms with Gasteiger partial charge in [-0.1, -0.05) is 170 Å². The number of benzene rings is 9. The standard InChI is InChI=1S/C55H33NS/c1-4-18-38-35(15-1)39-19-5-10-24-46(39)55(47-25-11-6-23-44(47)53-49(55)32-30-43-42-22-9-14-28-52(42)57-54(43)53)48-31-29-34(33-45(38)48)56-50-26-12-7-20-40(50)36-16-2-3-17-37(36)41-21-8-13-27-51(41)56/h1-33H. The average Bonchev–Trinajstić information content (AvgIpc) is 3.73. The maximum absolute atomic E-state index is 2.50. The fourth-order valence-corrected chi connectivity index (χ4v) is 11.9. The molecule has 1 aliphatic heterocycles. The Morgan fingerprint density at radius 2 is 0.807 bits per heavy atom. The van der Waals surface area contributed by atoms with E-state index in [0.717, 1.165) is 5.69 Å². The molecule has 2 heteroatoms. The molecule has 264 valence electrons. The molecular formula is C55H33NS. The Kier molecular flexibility index (Phi) is 6.31. The van der Waals surface area contributed by atoms with Crippen molar-refractivity contribution in [2.45, 2.75) is 5.41 Å². The van der Waals surface area contributed by atoms with E-state index in [2.05, 4.69) is 205 Å². The SMILES string of the molecule is c1ccc2c(c1)-c1ccccc1N(c1ccc3c(c1)-c1ccccc1-c1ccccc1C31c3ccccc3-c3c1ccc1c3sc3ccccc31)c1ccccc1-2. The summed E-state index contributed by atoms with van der Waals surface area (Å²) in [6.45, 7) is 0. The molecule has 0 bridgehead atoms. The van der Waals surface area contributed by atoms with Crippen molar-refractivity contribution in [2.75, 3.05) is 4.90 Å². The Morgan fingerprint density at radius 3 is 1.49 bits per heavy atom. The Morgan fingerprint density at radius 1 is 0.333 bits per heavy atom. The van der Waals surface area contributed by atoms with Crippen LogP contribution in [0.2, 0.25) is 0 Å². The topological polar surface area (TPSA) is 3.24 Å². The van der Waals surface area contributed by atoms with Gasteiger partial charge in [0, 0.05) is 42.6 Å². The minimum absolute atomic E-state index is 0.551. The lowest BCUT2D eigenvalue weighted by atomic mass is 9.66. The van der Waals surface area contributed by atoms with E-state index >= 15 is 0 Å². The van der Waals surface area contributed by atoms with Crippen LogP contribution in [0.5, 0.6) is 0 Å². The molecule has 13 rings (SSSR count). The molecule has 1 nitrogen and oxygen atoms in total. The molecule has 0 N–H and O–H groups in total. The lowest BCUT2D eigenvalue weighted by molar-refractivity contribution is 0.776. The molecule has 1 spiro atoms. The molecule has 3 aliphatic rings. The van der Waals surface area contributed by atoms with Crippen LogP contribution in [0.1, 0.15) is 22.3 Å². The number of rotatable bonds is 1. The molecule has 1 aromatic heterocycles. The number of para-hydroxylation sites is 2. The number of fused-ring (bicyclic) bond motifs is 21. The molecular weight excluding hydrogens is 707 g/mol. The van der Waals surface area contributed by atoms with Gasteiger partial charge in [-0.05, 0) is 91.5 Å². The first-order chi connectivity index (χ1) is 28.3. The van der Waals surface area contributed by atoms with Crippen LogP contribution in [0.4, 0.5) is 17.1 Å². The number of nitrogens with zero attached hydrogens (tertiary/aromatic N) is 1. The summed E-state index contributed by atoms with van der Waals surface area (Å²) in [6, 6.07) is 75.3. The maximum Gasteiger partial charge on any atom is 0.0726 e. The summed E-state index contributed by atoms with van der Waals surface area (Å²) in [5.41, 5.74) is 21.0. The van der Waals surface area contributed by atoms with E-state index in [0.29, 0.717) is 0 Å². The van der Waals surface area contributed by atoms with Crippen molar-refractivity contribution in [3.8, 4) is 55.6 Å². The van der Waals surface area contributed by atoms with Gasteiger partial charge >= 0.3 is 0 Å². The zero-order valence-corrected chi connectivity index (χ0v) is 31.7. The summed E-state index contributed by atoms with van der Waals surface area (Å²) in [6.07, 6.45) is 0. The molecule has 0 fully saturated rings. The van der Waals surface area contributed by atoms with Gasteiger partial charge in [0.2, 0.25) is 0 Å². The van der Waals surface area contributed by atoms with Gasteiger partial charge in [0.15, 0.2) is 0 Å². The number of hydrogen-bond donors (Lipinski definition) is 0. The van der Waals surface area contributed by atoms with Gasteiger partial charge in [-0.2, -0.15) is 0 Å². The number of anilines is 3. The van der Waals surface area contributed by atoms with Gasteiger partial charge in [-0.15, -0.1) is 11.3 Å². The zero-order chi connectivity index (χ0) is 37.2. The first kappa shape index (κ1) is 31.2. The molecule has 2 aliphatic carbocycles. The smallest absolute Gasteiger partial charge is 0.0726 e. The van der Waals surface area contributed by atoms with Crippen molar-refractivity contribution in [1.82, 2.24) is 0 Å².